The molecule has 0 spiro atoms. The Bertz CT molecular complexity index is 1100. The summed E-state index contributed by atoms with van der Waals surface area (Å²) in [5.41, 5.74) is -1.49. The summed E-state index contributed by atoms with van der Waals surface area (Å²) in [5.74, 6) is -0.542. The van der Waals surface area contributed by atoms with Crippen molar-refractivity contribution in [1.29, 1.82) is 0 Å². The lowest BCUT2D eigenvalue weighted by atomic mass is 10.1. The number of alkyl halides is 3. The molecule has 7 nitrogen and oxygen atoms in total. The van der Waals surface area contributed by atoms with Gasteiger partial charge in [-0.1, -0.05) is 15.9 Å². The van der Waals surface area contributed by atoms with Crippen LogP contribution in [0.3, 0.4) is 0 Å². The molecule has 3 aromatic rings. The Morgan fingerprint density at radius 1 is 1.30 bits per heavy atom. The van der Waals surface area contributed by atoms with E-state index in [-0.39, 0.29) is 16.6 Å². The van der Waals surface area contributed by atoms with Gasteiger partial charge in [-0.25, -0.2) is 14.6 Å². The van der Waals surface area contributed by atoms with E-state index in [2.05, 4.69) is 36.3 Å². The summed E-state index contributed by atoms with van der Waals surface area (Å²) in [7, 11) is 0. The second-order valence-corrected chi connectivity index (χ2v) is 6.52. The average molecular weight is 442 g/mol. The number of anilines is 1. The van der Waals surface area contributed by atoms with Crippen LogP contribution >= 0.6 is 15.9 Å². The van der Waals surface area contributed by atoms with Crippen molar-refractivity contribution in [2.45, 2.75) is 19.6 Å². The van der Waals surface area contributed by atoms with Crippen molar-refractivity contribution >= 4 is 38.4 Å². The summed E-state index contributed by atoms with van der Waals surface area (Å²) in [5, 5.41) is 5.27. The van der Waals surface area contributed by atoms with E-state index in [0.29, 0.717) is 14.7 Å². The molecule has 3 rings (SSSR count). The summed E-state index contributed by atoms with van der Waals surface area (Å²) in [6.07, 6.45) is -2.13. The smallest absolute Gasteiger partial charge is 0.309 e. The van der Waals surface area contributed by atoms with Gasteiger partial charge in [0.2, 0.25) is 5.91 Å². The summed E-state index contributed by atoms with van der Waals surface area (Å²) < 4.78 is 41.0. The minimum Gasteiger partial charge on any atom is -0.309 e. The highest BCUT2D eigenvalue weighted by Crippen LogP contribution is 2.33. The molecule has 1 amide bonds. The van der Waals surface area contributed by atoms with E-state index in [1.54, 1.807) is 6.92 Å². The van der Waals surface area contributed by atoms with E-state index < -0.39 is 29.9 Å². The summed E-state index contributed by atoms with van der Waals surface area (Å²) >= 11 is 3.08. The maximum Gasteiger partial charge on any atom is 0.435 e. The number of fused-ring (bicyclic) bond motifs is 1. The number of aryl methyl sites for hydroxylation is 1. The molecule has 0 unspecified atom stereocenters. The van der Waals surface area contributed by atoms with Crippen molar-refractivity contribution in [3.63, 3.8) is 0 Å². The van der Waals surface area contributed by atoms with Crippen LogP contribution in [0.2, 0.25) is 0 Å². The normalized spacial score (nSPS) is 11.6. The third-order valence-corrected chi connectivity index (χ3v) is 4.13. The molecule has 140 valence electrons. The monoisotopic (exact) mass is 441 g/mol. The van der Waals surface area contributed by atoms with E-state index in [9.17, 15) is 22.8 Å². The Labute approximate surface area is 158 Å². The minimum atomic E-state index is -4.80. The number of rotatable bonds is 3. The van der Waals surface area contributed by atoms with Gasteiger partial charge in [0.15, 0.2) is 5.69 Å². The zero-order valence-electron chi connectivity index (χ0n) is 13.7. The van der Waals surface area contributed by atoms with Gasteiger partial charge in [-0.05, 0) is 25.1 Å². The molecule has 1 aromatic carbocycles. The van der Waals surface area contributed by atoms with Crippen LogP contribution in [0.25, 0.3) is 10.8 Å². The van der Waals surface area contributed by atoms with Crippen molar-refractivity contribution in [3.8, 4) is 0 Å². The van der Waals surface area contributed by atoms with Gasteiger partial charge in [0.25, 0.3) is 5.56 Å². The molecule has 2 heterocycles. The van der Waals surface area contributed by atoms with E-state index in [4.69, 9.17) is 0 Å². The standard InChI is InChI=1S/C16H11BrF3N5O2/c1-8-5-21-7-22-14(8)23-12(26)6-25-15(27)10-3-2-9(17)4-11(10)13(24-25)16(18,19)20/h2-5,7H,6H2,1H3,(H,21,22,23,26). The van der Waals surface area contributed by atoms with Crippen LogP contribution < -0.4 is 10.9 Å². The second-order valence-electron chi connectivity index (χ2n) is 5.60. The molecular formula is C16H11BrF3N5O2. The average Bonchev–Trinajstić information content (AvgIpc) is 2.58. The van der Waals surface area contributed by atoms with Gasteiger partial charge in [0.1, 0.15) is 18.7 Å². The van der Waals surface area contributed by atoms with Crippen molar-refractivity contribution < 1.29 is 18.0 Å². The summed E-state index contributed by atoms with van der Waals surface area (Å²) in [6, 6.07) is 3.86. The van der Waals surface area contributed by atoms with Crippen LogP contribution in [-0.4, -0.2) is 25.7 Å². The number of aromatic nitrogens is 4. The number of nitrogens with zero attached hydrogens (tertiary/aromatic N) is 4. The highest BCUT2D eigenvalue weighted by molar-refractivity contribution is 9.10. The molecule has 0 aliphatic rings. The van der Waals surface area contributed by atoms with Gasteiger partial charge in [-0.15, -0.1) is 0 Å². The highest BCUT2D eigenvalue weighted by Gasteiger charge is 2.36. The minimum absolute atomic E-state index is 0.188. The van der Waals surface area contributed by atoms with Gasteiger partial charge >= 0.3 is 6.18 Å². The van der Waals surface area contributed by atoms with Crippen molar-refractivity contribution in [1.82, 2.24) is 19.7 Å². The Kier molecular flexibility index (Phi) is 4.96. The fraction of sp³-hybridized carbons (Fsp3) is 0.188. The molecule has 1 N–H and O–H groups in total. The number of benzene rings is 1. The van der Waals surface area contributed by atoms with Crippen LogP contribution in [0.4, 0.5) is 19.0 Å². The van der Waals surface area contributed by atoms with E-state index in [0.717, 1.165) is 0 Å². The topological polar surface area (TPSA) is 89.8 Å². The lowest BCUT2D eigenvalue weighted by Crippen LogP contribution is -2.32. The van der Waals surface area contributed by atoms with Gasteiger partial charge in [0.05, 0.1) is 5.39 Å². The fourth-order valence-electron chi connectivity index (χ4n) is 2.41. The fourth-order valence-corrected chi connectivity index (χ4v) is 2.77. The number of carbonyl (C=O) groups is 1. The molecule has 0 saturated carbocycles. The molecule has 0 bridgehead atoms. The van der Waals surface area contributed by atoms with E-state index >= 15 is 0 Å². The Hall–Kier alpha value is -2.82. The van der Waals surface area contributed by atoms with Gasteiger partial charge in [0, 0.05) is 21.6 Å². The molecule has 0 fully saturated rings. The molecule has 0 atom stereocenters. The predicted octanol–water partition coefficient (Wildman–Crippen LogP) is 2.91. The second kappa shape index (κ2) is 7.06. The molecule has 0 radical (unpaired) electrons. The molecule has 2 aromatic heterocycles. The molecule has 11 heteroatoms. The Morgan fingerprint density at radius 3 is 2.70 bits per heavy atom. The highest BCUT2D eigenvalue weighted by atomic mass is 79.9. The quantitative estimate of drug-likeness (QED) is 0.674. The van der Waals surface area contributed by atoms with Crippen LogP contribution in [-0.2, 0) is 17.5 Å². The first-order chi connectivity index (χ1) is 12.7. The molecule has 0 saturated heterocycles. The van der Waals surface area contributed by atoms with Crippen LogP contribution in [0.1, 0.15) is 11.3 Å². The number of nitrogens with one attached hydrogen (secondary N) is 1. The van der Waals surface area contributed by atoms with Crippen LogP contribution in [0, 0.1) is 6.92 Å². The van der Waals surface area contributed by atoms with Gasteiger partial charge < -0.3 is 5.32 Å². The summed E-state index contributed by atoms with van der Waals surface area (Å²) in [6.45, 7) is 0.951. The van der Waals surface area contributed by atoms with E-state index in [1.165, 1.54) is 30.7 Å². The van der Waals surface area contributed by atoms with Crippen molar-refractivity contribution in [2.75, 3.05) is 5.32 Å². The summed E-state index contributed by atoms with van der Waals surface area (Å²) in [4.78, 5) is 32.3. The number of hydrogen-bond acceptors (Lipinski definition) is 5. The number of hydrogen-bond donors (Lipinski definition) is 1. The lowest BCUT2D eigenvalue weighted by molar-refractivity contribution is -0.141. The third kappa shape index (κ3) is 3.97. The third-order valence-electron chi connectivity index (χ3n) is 3.64. The van der Waals surface area contributed by atoms with Gasteiger partial charge in [-0.3, -0.25) is 9.59 Å². The van der Waals surface area contributed by atoms with Gasteiger partial charge in [-0.2, -0.15) is 18.3 Å². The zero-order valence-corrected chi connectivity index (χ0v) is 15.3. The van der Waals surface area contributed by atoms with Crippen LogP contribution in [0.5, 0.6) is 0 Å². The first-order valence-electron chi connectivity index (χ1n) is 7.51. The first-order valence-corrected chi connectivity index (χ1v) is 8.30. The van der Waals surface area contributed by atoms with Crippen molar-refractivity contribution in [3.05, 3.63) is 56.8 Å². The molecule has 0 aliphatic heterocycles. The van der Waals surface area contributed by atoms with Crippen LogP contribution in [0.15, 0.2) is 40.0 Å². The van der Waals surface area contributed by atoms with Crippen molar-refractivity contribution in [2.24, 2.45) is 0 Å². The SMILES string of the molecule is Cc1cncnc1NC(=O)Cn1nc(C(F)(F)F)c2cc(Br)ccc2c1=O. The first kappa shape index (κ1) is 19.0. The lowest BCUT2D eigenvalue weighted by Gasteiger charge is -2.13. The van der Waals surface area contributed by atoms with E-state index in [1.807, 2.05) is 0 Å². The molecule has 0 aliphatic carbocycles. The number of halogens is 4. The number of amides is 1. The Morgan fingerprint density at radius 2 is 2.04 bits per heavy atom. The maximum atomic E-state index is 13.4. The Balaban J connectivity index is 2.03. The number of carbonyl (C=O) groups excluding carboxylic acids is 1. The largest absolute Gasteiger partial charge is 0.435 e. The molecular weight excluding hydrogens is 431 g/mol. The zero-order chi connectivity index (χ0) is 19.8. The molecule has 27 heavy (non-hydrogen) atoms. The maximum absolute atomic E-state index is 13.4. The predicted molar refractivity (Wildman–Crippen MR) is 94.1 cm³/mol.